The number of amides is 4. The van der Waals surface area contributed by atoms with Gasteiger partial charge in [0, 0.05) is 20.0 Å². The molecule has 0 bridgehead atoms. The molecule has 1 saturated carbocycles. The van der Waals surface area contributed by atoms with Gasteiger partial charge < -0.3 is 0 Å². The first-order valence-electron chi connectivity index (χ1n) is 7.11. The van der Waals surface area contributed by atoms with Crippen molar-refractivity contribution < 1.29 is 23.2 Å². The van der Waals surface area contributed by atoms with Gasteiger partial charge in [0.05, 0.1) is 0 Å². The van der Waals surface area contributed by atoms with E-state index in [-0.39, 0.29) is 5.57 Å². The lowest BCUT2D eigenvalue weighted by atomic mass is 9.85. The summed E-state index contributed by atoms with van der Waals surface area (Å²) in [6.07, 6.45) is 2.48. The first-order valence-corrected chi connectivity index (χ1v) is 7.11. The van der Waals surface area contributed by atoms with E-state index < -0.39 is 36.1 Å². The quantitative estimate of drug-likeness (QED) is 0.579. The Balaban J connectivity index is 2.17. The Bertz CT molecular complexity index is 523. The fourth-order valence-electron chi connectivity index (χ4n) is 2.63. The van der Waals surface area contributed by atoms with Gasteiger partial charge in [0.2, 0.25) is 0 Å². The number of hydrogen-bond acceptors (Lipinski definition) is 3. The Morgan fingerprint density at radius 2 is 1.50 bits per heavy atom. The Hall–Kier alpha value is -2.05. The highest BCUT2D eigenvalue weighted by atomic mass is 19.1. The van der Waals surface area contributed by atoms with Crippen molar-refractivity contribution in [3.63, 3.8) is 0 Å². The topological polar surface area (TPSA) is 57.7 Å². The summed E-state index contributed by atoms with van der Waals surface area (Å²) in [6, 6.07) is -0.712. The average Bonchev–Trinajstić information content (AvgIpc) is 2.49. The highest BCUT2D eigenvalue weighted by Gasteiger charge is 2.37. The smallest absolute Gasteiger partial charge is 0.268 e. The van der Waals surface area contributed by atoms with E-state index in [4.69, 9.17) is 0 Å². The van der Waals surface area contributed by atoms with Crippen LogP contribution in [0.3, 0.4) is 0 Å². The van der Waals surface area contributed by atoms with Gasteiger partial charge in [-0.2, -0.15) is 0 Å². The van der Waals surface area contributed by atoms with Gasteiger partial charge in [-0.15, -0.1) is 0 Å². The van der Waals surface area contributed by atoms with Gasteiger partial charge in [0.15, 0.2) is 0 Å². The van der Waals surface area contributed by atoms with E-state index in [0.717, 1.165) is 9.80 Å². The van der Waals surface area contributed by atoms with E-state index in [1.165, 1.54) is 32.3 Å². The molecule has 1 saturated heterocycles. The number of imide groups is 2. The Labute approximate surface area is 127 Å². The number of rotatable bonds is 2. The molecule has 0 aromatic carbocycles. The van der Waals surface area contributed by atoms with Crippen molar-refractivity contribution in [1.29, 1.82) is 0 Å². The molecule has 2 unspecified atom stereocenters. The lowest BCUT2D eigenvalue weighted by molar-refractivity contribution is -0.134. The fourth-order valence-corrected chi connectivity index (χ4v) is 2.63. The summed E-state index contributed by atoms with van der Waals surface area (Å²) < 4.78 is 27.4. The number of urea groups is 1. The van der Waals surface area contributed by atoms with E-state index in [2.05, 4.69) is 0 Å². The Morgan fingerprint density at radius 3 is 2.00 bits per heavy atom. The number of barbiturate groups is 1. The molecule has 0 N–H and O–H groups in total. The molecule has 1 heterocycles. The zero-order chi connectivity index (χ0) is 16.4. The van der Waals surface area contributed by atoms with Crippen molar-refractivity contribution in [1.82, 2.24) is 9.80 Å². The number of likely N-dealkylation sites (N-methyl/N-ethyl adjacent to an activating group) is 2. The maximum absolute atomic E-state index is 13.7. The summed E-state index contributed by atoms with van der Waals surface area (Å²) in [6.45, 7) is 0. The molecule has 2 rings (SSSR count). The summed E-state index contributed by atoms with van der Waals surface area (Å²) in [4.78, 5) is 37.0. The van der Waals surface area contributed by atoms with E-state index in [9.17, 15) is 23.2 Å². The minimum absolute atomic E-state index is 0.206. The lowest BCUT2D eigenvalue weighted by Gasteiger charge is -2.29. The molecule has 0 aromatic heterocycles. The maximum atomic E-state index is 13.7. The molecule has 1 aliphatic heterocycles. The van der Waals surface area contributed by atoms with Crippen LogP contribution in [-0.2, 0) is 9.59 Å². The third-order valence-corrected chi connectivity index (χ3v) is 4.04. The Kier molecular flexibility index (Phi) is 4.73. The molecule has 5 nitrogen and oxygen atoms in total. The number of carbonyl (C=O) groups excluding carboxylic acids is 3. The van der Waals surface area contributed by atoms with Crippen molar-refractivity contribution >= 4 is 17.8 Å². The van der Waals surface area contributed by atoms with Crippen LogP contribution in [0.2, 0.25) is 0 Å². The van der Waals surface area contributed by atoms with Gasteiger partial charge >= 0.3 is 6.03 Å². The predicted octanol–water partition coefficient (Wildman–Crippen LogP) is 2.00. The minimum Gasteiger partial charge on any atom is -0.268 e. The van der Waals surface area contributed by atoms with Crippen molar-refractivity contribution in [2.24, 2.45) is 5.92 Å². The van der Waals surface area contributed by atoms with Gasteiger partial charge in [-0.3, -0.25) is 19.4 Å². The van der Waals surface area contributed by atoms with Crippen LogP contribution in [0.4, 0.5) is 13.6 Å². The molecule has 120 valence electrons. The molecular weight excluding hydrogens is 294 g/mol. The number of alkyl halides is 2. The Morgan fingerprint density at radius 1 is 1.00 bits per heavy atom. The van der Waals surface area contributed by atoms with E-state index >= 15 is 0 Å². The number of allylic oxidation sites excluding steroid dienone is 3. The van der Waals surface area contributed by atoms with Crippen LogP contribution in [0.5, 0.6) is 0 Å². The third kappa shape index (κ3) is 2.93. The van der Waals surface area contributed by atoms with E-state index in [1.807, 2.05) is 0 Å². The van der Waals surface area contributed by atoms with Crippen molar-refractivity contribution in [2.45, 2.75) is 31.6 Å². The summed E-state index contributed by atoms with van der Waals surface area (Å²) in [7, 11) is 2.53. The SMILES string of the molecule is CN1C(=O)C(=C/C=C/C2C(F)CCCC2F)C(=O)N(C)C1=O. The summed E-state index contributed by atoms with van der Waals surface area (Å²) in [5.41, 5.74) is -0.206. The standard InChI is InChI=1S/C15H18F2N2O3/c1-18-13(20)10(14(21)19(2)15(18)22)6-3-5-9-11(16)7-4-8-12(9)17/h3,5-6,9,11-12H,4,7-8H2,1-2H3/b5-3+. The fraction of sp³-hybridized carbons (Fsp3) is 0.533. The van der Waals surface area contributed by atoms with Gasteiger partial charge in [0.25, 0.3) is 11.8 Å². The summed E-state index contributed by atoms with van der Waals surface area (Å²) in [5, 5.41) is 0. The van der Waals surface area contributed by atoms with Gasteiger partial charge in [0.1, 0.15) is 17.9 Å². The van der Waals surface area contributed by atoms with Crippen LogP contribution in [0, 0.1) is 5.92 Å². The van der Waals surface area contributed by atoms with Gasteiger partial charge in [-0.1, -0.05) is 12.2 Å². The predicted molar refractivity (Wildman–Crippen MR) is 75.3 cm³/mol. The molecule has 2 atom stereocenters. The first kappa shape index (κ1) is 16.3. The molecule has 0 radical (unpaired) electrons. The molecule has 7 heteroatoms. The summed E-state index contributed by atoms with van der Waals surface area (Å²) >= 11 is 0. The van der Waals surface area contributed by atoms with E-state index in [0.29, 0.717) is 19.3 Å². The molecule has 0 spiro atoms. The highest BCUT2D eigenvalue weighted by molar-refractivity contribution is 6.28. The second-order valence-corrected chi connectivity index (χ2v) is 5.52. The second kappa shape index (κ2) is 6.37. The second-order valence-electron chi connectivity index (χ2n) is 5.52. The lowest BCUT2D eigenvalue weighted by Crippen LogP contribution is -2.52. The molecule has 2 aliphatic rings. The van der Waals surface area contributed by atoms with Crippen LogP contribution >= 0.6 is 0 Å². The molecule has 4 amide bonds. The van der Waals surface area contributed by atoms with Crippen molar-refractivity contribution in [2.75, 3.05) is 14.1 Å². The average molecular weight is 312 g/mol. The van der Waals surface area contributed by atoms with Crippen molar-refractivity contribution in [3.8, 4) is 0 Å². The molecule has 2 fully saturated rings. The third-order valence-electron chi connectivity index (χ3n) is 4.04. The molecule has 1 aliphatic carbocycles. The first-order chi connectivity index (χ1) is 10.3. The van der Waals surface area contributed by atoms with Gasteiger partial charge in [-0.25, -0.2) is 13.6 Å². The largest absolute Gasteiger partial charge is 0.333 e. The zero-order valence-corrected chi connectivity index (χ0v) is 12.5. The number of hydrogen-bond donors (Lipinski definition) is 0. The normalized spacial score (nSPS) is 30.5. The maximum Gasteiger partial charge on any atom is 0.333 e. The number of nitrogens with zero attached hydrogens (tertiary/aromatic N) is 2. The zero-order valence-electron chi connectivity index (χ0n) is 12.5. The monoisotopic (exact) mass is 312 g/mol. The molecule has 22 heavy (non-hydrogen) atoms. The van der Waals surface area contributed by atoms with Gasteiger partial charge in [-0.05, 0) is 25.3 Å². The highest BCUT2D eigenvalue weighted by Crippen LogP contribution is 2.30. The van der Waals surface area contributed by atoms with Crippen LogP contribution < -0.4 is 0 Å². The van der Waals surface area contributed by atoms with E-state index in [1.54, 1.807) is 0 Å². The number of halogens is 2. The number of carbonyl (C=O) groups is 3. The van der Waals surface area contributed by atoms with Crippen LogP contribution in [-0.4, -0.2) is 54.1 Å². The summed E-state index contributed by atoms with van der Waals surface area (Å²) in [5.74, 6) is -2.32. The molecular formula is C15H18F2N2O3. The minimum atomic E-state index is -1.26. The molecule has 0 aromatic rings. The van der Waals surface area contributed by atoms with Crippen LogP contribution in [0.1, 0.15) is 19.3 Å². The van der Waals surface area contributed by atoms with Crippen LogP contribution in [0.15, 0.2) is 23.8 Å². The van der Waals surface area contributed by atoms with Crippen molar-refractivity contribution in [3.05, 3.63) is 23.8 Å². The van der Waals surface area contributed by atoms with Crippen LogP contribution in [0.25, 0.3) is 0 Å².